The van der Waals surface area contributed by atoms with Gasteiger partial charge in [0.2, 0.25) is 0 Å². The van der Waals surface area contributed by atoms with E-state index in [1.807, 2.05) is 31.2 Å². The highest BCUT2D eigenvalue weighted by molar-refractivity contribution is 7.98. The molecule has 0 aliphatic carbocycles. The van der Waals surface area contributed by atoms with Crippen molar-refractivity contribution in [2.45, 2.75) is 17.6 Å². The van der Waals surface area contributed by atoms with Gasteiger partial charge in [-0.3, -0.25) is 13.9 Å². The van der Waals surface area contributed by atoms with E-state index in [-0.39, 0.29) is 11.2 Å². The molecule has 3 aromatic rings. The summed E-state index contributed by atoms with van der Waals surface area (Å²) < 4.78 is 2.53. The van der Waals surface area contributed by atoms with Gasteiger partial charge in [0, 0.05) is 36.0 Å². The number of aryl methyl sites for hydroxylation is 2. The summed E-state index contributed by atoms with van der Waals surface area (Å²) in [6.07, 6.45) is 1.70. The van der Waals surface area contributed by atoms with Crippen molar-refractivity contribution in [3.63, 3.8) is 0 Å². The average Bonchev–Trinajstić information content (AvgIpc) is 2.58. The van der Waals surface area contributed by atoms with Crippen LogP contribution in [0.1, 0.15) is 11.1 Å². The molecular weight excluding hydrogens is 346 g/mol. The fourth-order valence-corrected chi connectivity index (χ4v) is 3.75. The Balaban J connectivity index is 2.13. The number of fused-ring (bicyclic) bond motifs is 1. The first-order valence-electron chi connectivity index (χ1n) is 7.32. The summed E-state index contributed by atoms with van der Waals surface area (Å²) in [5.41, 5.74) is 1.74. The molecule has 1 aromatic carbocycles. The molecular formula is C17H16ClN3O2S. The summed E-state index contributed by atoms with van der Waals surface area (Å²) in [6, 6.07) is 7.61. The maximum Gasteiger partial charge on any atom is 0.332 e. The molecule has 0 unspecified atom stereocenters. The van der Waals surface area contributed by atoms with Crippen LogP contribution in [0.5, 0.6) is 0 Å². The van der Waals surface area contributed by atoms with Gasteiger partial charge in [-0.2, -0.15) is 0 Å². The molecule has 0 N–H and O–H groups in total. The Labute approximate surface area is 147 Å². The Morgan fingerprint density at radius 3 is 2.46 bits per heavy atom. The summed E-state index contributed by atoms with van der Waals surface area (Å²) in [4.78, 5) is 29.8. The summed E-state index contributed by atoms with van der Waals surface area (Å²) in [5.74, 6) is 0.698. The molecule has 124 valence electrons. The van der Waals surface area contributed by atoms with Crippen molar-refractivity contribution < 1.29 is 0 Å². The number of benzene rings is 1. The van der Waals surface area contributed by atoms with E-state index in [0.29, 0.717) is 21.8 Å². The molecule has 0 amide bonds. The van der Waals surface area contributed by atoms with Crippen LogP contribution in [-0.2, 0) is 19.8 Å². The van der Waals surface area contributed by atoms with Gasteiger partial charge in [-0.1, -0.05) is 23.7 Å². The van der Waals surface area contributed by atoms with Gasteiger partial charge in [-0.15, -0.1) is 11.8 Å². The van der Waals surface area contributed by atoms with Gasteiger partial charge in [0.05, 0.1) is 5.39 Å². The molecule has 5 nitrogen and oxygen atoms in total. The lowest BCUT2D eigenvalue weighted by Crippen LogP contribution is -2.37. The van der Waals surface area contributed by atoms with E-state index in [4.69, 9.17) is 11.6 Å². The van der Waals surface area contributed by atoms with Crippen LogP contribution >= 0.6 is 23.4 Å². The lowest BCUT2D eigenvalue weighted by atomic mass is 10.2. The standard InChI is InChI=1S/C17H16ClN3O2S/c1-10-8-19-15-13(16(22)21(3)17(23)20(15)2)14(10)24-9-11-4-6-12(18)7-5-11/h4-8H,9H2,1-3H3. The zero-order valence-electron chi connectivity index (χ0n) is 13.5. The van der Waals surface area contributed by atoms with Crippen LogP contribution in [0.3, 0.4) is 0 Å². The van der Waals surface area contributed by atoms with Gasteiger partial charge in [0.1, 0.15) is 5.65 Å². The van der Waals surface area contributed by atoms with Gasteiger partial charge >= 0.3 is 5.69 Å². The number of pyridine rings is 1. The third-order valence-corrected chi connectivity index (χ3v) is 5.44. The lowest BCUT2D eigenvalue weighted by molar-refractivity contribution is 0.705. The maximum absolute atomic E-state index is 12.6. The summed E-state index contributed by atoms with van der Waals surface area (Å²) in [7, 11) is 3.11. The van der Waals surface area contributed by atoms with Crippen LogP contribution in [-0.4, -0.2) is 14.1 Å². The average molecular weight is 362 g/mol. The van der Waals surface area contributed by atoms with Gasteiger partial charge in [-0.05, 0) is 30.2 Å². The highest BCUT2D eigenvalue weighted by atomic mass is 35.5. The predicted molar refractivity (Wildman–Crippen MR) is 98.0 cm³/mol. The van der Waals surface area contributed by atoms with Crippen molar-refractivity contribution in [2.24, 2.45) is 14.1 Å². The molecule has 0 saturated carbocycles. The second kappa shape index (κ2) is 6.45. The first kappa shape index (κ1) is 16.8. The van der Waals surface area contributed by atoms with Gasteiger partial charge in [0.25, 0.3) is 5.56 Å². The van der Waals surface area contributed by atoms with E-state index in [9.17, 15) is 9.59 Å². The Bertz CT molecular complexity index is 1040. The minimum Gasteiger partial charge on any atom is -0.280 e. The third kappa shape index (κ3) is 2.87. The summed E-state index contributed by atoms with van der Waals surface area (Å²) >= 11 is 7.47. The Morgan fingerprint density at radius 1 is 1.12 bits per heavy atom. The largest absolute Gasteiger partial charge is 0.332 e. The molecule has 0 spiro atoms. The van der Waals surface area contributed by atoms with E-state index < -0.39 is 0 Å². The molecule has 2 aromatic heterocycles. The molecule has 0 aliphatic rings. The molecule has 0 aliphatic heterocycles. The van der Waals surface area contributed by atoms with Gasteiger partial charge in [-0.25, -0.2) is 9.78 Å². The van der Waals surface area contributed by atoms with E-state index >= 15 is 0 Å². The number of aromatic nitrogens is 3. The SMILES string of the molecule is Cc1cnc2c(c1SCc1ccc(Cl)cc1)c(=O)n(C)c(=O)n2C. The van der Waals surface area contributed by atoms with E-state index in [2.05, 4.69) is 4.98 Å². The second-order valence-corrected chi connectivity index (χ2v) is 7.01. The fourth-order valence-electron chi connectivity index (χ4n) is 2.52. The fraction of sp³-hybridized carbons (Fsp3) is 0.235. The van der Waals surface area contributed by atoms with Crippen molar-refractivity contribution >= 4 is 34.4 Å². The molecule has 2 heterocycles. The first-order chi connectivity index (χ1) is 11.4. The number of hydrogen-bond donors (Lipinski definition) is 0. The first-order valence-corrected chi connectivity index (χ1v) is 8.69. The third-order valence-electron chi connectivity index (χ3n) is 3.90. The quantitative estimate of drug-likeness (QED) is 0.673. The number of thioether (sulfide) groups is 1. The van der Waals surface area contributed by atoms with Crippen LogP contribution in [0, 0.1) is 6.92 Å². The molecule has 0 saturated heterocycles. The monoisotopic (exact) mass is 361 g/mol. The minimum atomic E-state index is -0.377. The zero-order valence-corrected chi connectivity index (χ0v) is 15.1. The van der Waals surface area contributed by atoms with Crippen LogP contribution in [0.2, 0.25) is 5.02 Å². The topological polar surface area (TPSA) is 56.9 Å². The number of halogens is 1. The normalized spacial score (nSPS) is 11.2. The van der Waals surface area contributed by atoms with E-state index in [1.54, 1.807) is 25.0 Å². The van der Waals surface area contributed by atoms with Gasteiger partial charge in [0.15, 0.2) is 0 Å². The Kier molecular flexibility index (Phi) is 4.51. The van der Waals surface area contributed by atoms with Crippen molar-refractivity contribution in [1.29, 1.82) is 0 Å². The van der Waals surface area contributed by atoms with Crippen LogP contribution in [0.4, 0.5) is 0 Å². The van der Waals surface area contributed by atoms with Crippen molar-refractivity contribution in [2.75, 3.05) is 0 Å². The minimum absolute atomic E-state index is 0.317. The molecule has 0 bridgehead atoms. The zero-order chi connectivity index (χ0) is 17.4. The number of hydrogen-bond acceptors (Lipinski definition) is 4. The molecule has 24 heavy (non-hydrogen) atoms. The van der Waals surface area contributed by atoms with E-state index in [1.165, 1.54) is 11.6 Å². The van der Waals surface area contributed by atoms with Crippen molar-refractivity contribution in [3.05, 3.63) is 67.4 Å². The molecule has 3 rings (SSSR count). The highest BCUT2D eigenvalue weighted by Gasteiger charge is 2.16. The van der Waals surface area contributed by atoms with Crippen LogP contribution in [0.25, 0.3) is 11.0 Å². The molecule has 0 fully saturated rings. The molecule has 7 heteroatoms. The maximum atomic E-state index is 12.6. The smallest absolute Gasteiger partial charge is 0.280 e. The number of rotatable bonds is 3. The summed E-state index contributed by atoms with van der Waals surface area (Å²) in [5, 5.41) is 1.18. The Morgan fingerprint density at radius 2 is 1.79 bits per heavy atom. The van der Waals surface area contributed by atoms with Crippen molar-refractivity contribution in [1.82, 2.24) is 14.1 Å². The summed E-state index contributed by atoms with van der Waals surface area (Å²) in [6.45, 7) is 1.92. The molecule has 0 atom stereocenters. The highest BCUT2D eigenvalue weighted by Crippen LogP contribution is 2.30. The van der Waals surface area contributed by atoms with Gasteiger partial charge < -0.3 is 0 Å². The van der Waals surface area contributed by atoms with Crippen molar-refractivity contribution in [3.8, 4) is 0 Å². The Hall–Kier alpha value is -2.05. The van der Waals surface area contributed by atoms with Crippen LogP contribution < -0.4 is 11.2 Å². The van der Waals surface area contributed by atoms with Crippen LogP contribution in [0.15, 0.2) is 44.9 Å². The molecule has 0 radical (unpaired) electrons. The predicted octanol–water partition coefficient (Wildman–Crippen LogP) is 2.89. The second-order valence-electron chi connectivity index (χ2n) is 5.59. The number of nitrogens with zero attached hydrogens (tertiary/aromatic N) is 3. The lowest BCUT2D eigenvalue weighted by Gasteiger charge is -2.12. The van der Waals surface area contributed by atoms with E-state index in [0.717, 1.165) is 20.6 Å².